The molecular weight excluding hydrogens is 428 g/mol. The van der Waals surface area contributed by atoms with Crippen molar-refractivity contribution >= 4 is 22.9 Å². The molecule has 1 aliphatic rings. The van der Waals surface area contributed by atoms with Crippen LogP contribution < -0.4 is 10.6 Å². The summed E-state index contributed by atoms with van der Waals surface area (Å²) in [4.78, 5) is 14.2. The molecule has 1 fully saturated rings. The normalized spacial score (nSPS) is 14.7. The first-order valence-electron chi connectivity index (χ1n) is 12.0. The van der Waals surface area contributed by atoms with Gasteiger partial charge >= 0.3 is 0 Å². The highest BCUT2D eigenvalue weighted by Crippen LogP contribution is 2.33. The number of hydrogen-bond donors (Lipinski definition) is 3. The highest BCUT2D eigenvalue weighted by atomic mass is 16.3. The van der Waals surface area contributed by atoms with Crippen molar-refractivity contribution in [2.75, 3.05) is 17.2 Å². The van der Waals surface area contributed by atoms with Crippen molar-refractivity contribution in [3.05, 3.63) is 54.6 Å². The van der Waals surface area contributed by atoms with Gasteiger partial charge in [0, 0.05) is 31.5 Å². The van der Waals surface area contributed by atoms with Gasteiger partial charge in [-0.2, -0.15) is 15.1 Å². The van der Waals surface area contributed by atoms with Gasteiger partial charge in [0.1, 0.15) is 0 Å². The fraction of sp³-hybridized carbons (Fsp3) is 0.440. The minimum atomic E-state index is -0.744. The summed E-state index contributed by atoms with van der Waals surface area (Å²) in [6.45, 7) is 4.81. The fourth-order valence-corrected chi connectivity index (χ4v) is 4.42. The largest absolute Gasteiger partial charge is 0.390 e. The van der Waals surface area contributed by atoms with Gasteiger partial charge in [0.05, 0.1) is 17.6 Å². The van der Waals surface area contributed by atoms with Crippen LogP contribution in [0, 0.1) is 0 Å². The zero-order valence-electron chi connectivity index (χ0n) is 19.8. The molecule has 0 aliphatic heterocycles. The van der Waals surface area contributed by atoms with E-state index in [2.05, 4.69) is 49.5 Å². The Hall–Kier alpha value is -3.46. The number of nitrogens with zero attached hydrogens (tertiary/aromatic N) is 6. The van der Waals surface area contributed by atoms with E-state index >= 15 is 0 Å². The first-order chi connectivity index (χ1) is 16.5. The van der Waals surface area contributed by atoms with E-state index in [1.54, 1.807) is 20.0 Å². The fourth-order valence-electron chi connectivity index (χ4n) is 4.42. The lowest BCUT2D eigenvalue weighted by atomic mass is 10.1. The molecule has 1 aliphatic carbocycles. The molecule has 0 unspecified atom stereocenters. The molecule has 3 heterocycles. The van der Waals surface area contributed by atoms with Crippen LogP contribution in [0.25, 0.3) is 16.9 Å². The molecule has 9 heteroatoms. The van der Waals surface area contributed by atoms with Crippen molar-refractivity contribution in [1.29, 1.82) is 0 Å². The van der Waals surface area contributed by atoms with E-state index in [-0.39, 0.29) is 0 Å². The number of aromatic nitrogens is 6. The van der Waals surface area contributed by atoms with Gasteiger partial charge in [-0.3, -0.25) is 0 Å². The summed E-state index contributed by atoms with van der Waals surface area (Å²) < 4.78 is 4.04. The van der Waals surface area contributed by atoms with Crippen molar-refractivity contribution in [3.8, 4) is 5.69 Å². The van der Waals surface area contributed by atoms with Crippen LogP contribution in [-0.2, 0) is 6.54 Å². The van der Waals surface area contributed by atoms with E-state index in [1.165, 1.54) is 12.8 Å². The first kappa shape index (κ1) is 22.3. The van der Waals surface area contributed by atoms with Crippen molar-refractivity contribution in [2.45, 2.75) is 64.1 Å². The number of hydrogen-bond acceptors (Lipinski definition) is 7. The van der Waals surface area contributed by atoms with Gasteiger partial charge < -0.3 is 20.3 Å². The summed E-state index contributed by atoms with van der Waals surface area (Å²) in [5.41, 5.74) is 3.05. The summed E-state index contributed by atoms with van der Waals surface area (Å²) in [6.07, 6.45) is 11.0. The minimum Gasteiger partial charge on any atom is -0.390 e. The third kappa shape index (κ3) is 5.04. The second-order valence-corrected chi connectivity index (χ2v) is 9.62. The smallest absolute Gasteiger partial charge is 0.226 e. The van der Waals surface area contributed by atoms with Gasteiger partial charge in [-0.25, -0.2) is 9.67 Å². The third-order valence-electron chi connectivity index (χ3n) is 6.32. The van der Waals surface area contributed by atoms with Gasteiger partial charge in [0.15, 0.2) is 17.0 Å². The molecule has 1 aromatic carbocycles. The second-order valence-electron chi connectivity index (χ2n) is 9.62. The van der Waals surface area contributed by atoms with Gasteiger partial charge in [-0.05, 0) is 56.9 Å². The molecule has 4 aromatic rings. The molecule has 5 rings (SSSR count). The average molecular weight is 461 g/mol. The highest BCUT2D eigenvalue weighted by molar-refractivity contribution is 5.84. The Kier molecular flexibility index (Phi) is 6.19. The summed E-state index contributed by atoms with van der Waals surface area (Å²) in [7, 11) is 0. The van der Waals surface area contributed by atoms with Gasteiger partial charge in [-0.15, -0.1) is 0 Å². The Morgan fingerprint density at radius 1 is 1.09 bits per heavy atom. The molecule has 0 radical (unpaired) electrons. The van der Waals surface area contributed by atoms with E-state index in [0.717, 1.165) is 35.3 Å². The number of imidazole rings is 1. The van der Waals surface area contributed by atoms with Crippen LogP contribution in [0.15, 0.2) is 49.1 Å². The van der Waals surface area contributed by atoms with Gasteiger partial charge in [0.2, 0.25) is 5.95 Å². The van der Waals surface area contributed by atoms with Crippen LogP contribution >= 0.6 is 0 Å². The lowest BCUT2D eigenvalue weighted by Crippen LogP contribution is -2.23. The molecule has 0 atom stereocenters. The molecule has 0 saturated heterocycles. The Morgan fingerprint density at radius 3 is 2.59 bits per heavy atom. The molecule has 178 valence electrons. The van der Waals surface area contributed by atoms with Crippen LogP contribution in [0.3, 0.4) is 0 Å². The van der Waals surface area contributed by atoms with E-state index < -0.39 is 5.60 Å². The summed E-state index contributed by atoms with van der Waals surface area (Å²) in [6, 6.07) is 10.6. The van der Waals surface area contributed by atoms with Crippen LogP contribution in [0.5, 0.6) is 0 Å². The predicted octanol–water partition coefficient (Wildman–Crippen LogP) is 4.31. The molecule has 0 spiro atoms. The predicted molar refractivity (Wildman–Crippen MR) is 133 cm³/mol. The lowest BCUT2D eigenvalue weighted by molar-refractivity contribution is 0.0748. The molecule has 0 amide bonds. The molecule has 3 aromatic heterocycles. The van der Waals surface area contributed by atoms with Crippen molar-refractivity contribution < 1.29 is 5.11 Å². The molecular formula is C25H32N8O. The highest BCUT2D eigenvalue weighted by Gasteiger charge is 2.22. The number of anilines is 2. The van der Waals surface area contributed by atoms with Crippen LogP contribution in [0.1, 0.15) is 57.6 Å². The molecule has 3 N–H and O–H groups in total. The Morgan fingerprint density at radius 2 is 1.88 bits per heavy atom. The quantitative estimate of drug-likeness (QED) is 0.342. The maximum atomic E-state index is 10.1. The third-order valence-corrected chi connectivity index (χ3v) is 6.32. The number of rotatable bonds is 9. The average Bonchev–Trinajstić information content (AvgIpc) is 3.58. The van der Waals surface area contributed by atoms with Crippen LogP contribution in [0.4, 0.5) is 11.8 Å². The lowest BCUT2D eigenvalue weighted by Gasteiger charge is -2.17. The molecule has 9 nitrogen and oxygen atoms in total. The van der Waals surface area contributed by atoms with Gasteiger partial charge in [-0.1, -0.05) is 25.0 Å². The SMILES string of the molecule is CC(C)(O)CCNc1nc(NCc2ccc(-n3cccn3)cc2)c2ncn(C3CCCC3)c2n1. The Balaban J connectivity index is 1.38. The maximum Gasteiger partial charge on any atom is 0.226 e. The zero-order chi connectivity index (χ0) is 23.5. The minimum absolute atomic E-state index is 0.437. The van der Waals surface area contributed by atoms with E-state index in [9.17, 15) is 5.11 Å². The number of aliphatic hydroxyl groups is 1. The Bertz CT molecular complexity index is 1220. The first-order valence-corrected chi connectivity index (χ1v) is 12.0. The van der Waals surface area contributed by atoms with E-state index in [4.69, 9.17) is 9.97 Å². The molecule has 0 bridgehead atoms. The second kappa shape index (κ2) is 9.42. The number of nitrogens with one attached hydrogen (secondary N) is 2. The molecule has 34 heavy (non-hydrogen) atoms. The van der Waals surface area contributed by atoms with Crippen molar-refractivity contribution in [2.24, 2.45) is 0 Å². The van der Waals surface area contributed by atoms with Crippen LogP contribution in [0.2, 0.25) is 0 Å². The topological polar surface area (TPSA) is 106 Å². The summed E-state index contributed by atoms with van der Waals surface area (Å²) >= 11 is 0. The van der Waals surface area contributed by atoms with Crippen molar-refractivity contribution in [1.82, 2.24) is 29.3 Å². The summed E-state index contributed by atoms with van der Waals surface area (Å²) in [5, 5.41) is 21.1. The zero-order valence-corrected chi connectivity index (χ0v) is 19.8. The van der Waals surface area contributed by atoms with E-state index in [1.807, 2.05) is 23.3 Å². The molecule has 1 saturated carbocycles. The summed E-state index contributed by atoms with van der Waals surface area (Å²) in [5.74, 6) is 1.26. The van der Waals surface area contributed by atoms with E-state index in [0.29, 0.717) is 37.3 Å². The van der Waals surface area contributed by atoms with Crippen molar-refractivity contribution in [3.63, 3.8) is 0 Å². The maximum absolute atomic E-state index is 10.1. The Labute approximate surface area is 199 Å². The van der Waals surface area contributed by atoms with Gasteiger partial charge in [0.25, 0.3) is 0 Å². The number of fused-ring (bicyclic) bond motifs is 1. The number of benzene rings is 1. The standard InChI is InChI=1S/C25H32N8O/c1-25(2,34)12-14-26-24-30-22(21-23(31-24)32(17-28-21)19-6-3-4-7-19)27-16-18-8-10-20(11-9-18)33-15-5-13-29-33/h5,8-11,13,15,17,19,34H,3-4,6-7,12,14,16H2,1-2H3,(H2,26,27,30,31). The monoisotopic (exact) mass is 460 g/mol. The van der Waals surface area contributed by atoms with Crippen LogP contribution in [-0.4, -0.2) is 46.6 Å².